The molecule has 0 spiro atoms. The first-order valence-electron chi connectivity index (χ1n) is 10.7. The molecule has 0 saturated carbocycles. The number of rotatable bonds is 8. The molecule has 8 heteroatoms. The molecule has 34 heavy (non-hydrogen) atoms. The van der Waals surface area contributed by atoms with Crippen LogP contribution in [0, 0.1) is 0 Å². The average Bonchev–Trinajstić information content (AvgIpc) is 2.79. The van der Waals surface area contributed by atoms with Crippen LogP contribution in [0.3, 0.4) is 0 Å². The van der Waals surface area contributed by atoms with Gasteiger partial charge in [-0.25, -0.2) is 0 Å². The summed E-state index contributed by atoms with van der Waals surface area (Å²) in [6.45, 7) is 5.22. The van der Waals surface area contributed by atoms with Crippen LogP contribution in [0.25, 0.3) is 0 Å². The van der Waals surface area contributed by atoms with E-state index < -0.39 is 11.6 Å². The van der Waals surface area contributed by atoms with Gasteiger partial charge in [0.25, 0.3) is 5.91 Å². The van der Waals surface area contributed by atoms with Gasteiger partial charge in [-0.2, -0.15) is 0 Å². The molecule has 1 unspecified atom stereocenters. The molecule has 0 radical (unpaired) electrons. The van der Waals surface area contributed by atoms with Gasteiger partial charge in [0, 0.05) is 17.1 Å². The lowest BCUT2D eigenvalue weighted by molar-refractivity contribution is -0.126. The Morgan fingerprint density at radius 2 is 1.65 bits per heavy atom. The zero-order chi connectivity index (χ0) is 24.9. The van der Waals surface area contributed by atoms with E-state index in [-0.39, 0.29) is 18.4 Å². The average molecular weight is 501 g/mol. The first-order valence-corrected chi connectivity index (χ1v) is 11.4. The van der Waals surface area contributed by atoms with Crippen LogP contribution < -0.4 is 15.4 Å². The third kappa shape index (κ3) is 6.73. The molecule has 1 atom stereocenters. The number of halogens is 2. The maximum absolute atomic E-state index is 12.7. The SMILES string of the molecule is CC(O)c1ccc(Oc2ccc(CNC(=O)C(C)(C)NC(=O)c3ccc(Cl)cc3)cc2)c(Cl)c1. The summed E-state index contributed by atoms with van der Waals surface area (Å²) in [6, 6.07) is 18.8. The second-order valence-corrected chi connectivity index (χ2v) is 9.22. The zero-order valence-electron chi connectivity index (χ0n) is 19.1. The van der Waals surface area contributed by atoms with Crippen LogP contribution in [0.1, 0.15) is 48.4 Å². The molecule has 0 aliphatic rings. The topological polar surface area (TPSA) is 87.7 Å². The van der Waals surface area contributed by atoms with Gasteiger partial charge in [-0.1, -0.05) is 41.4 Å². The molecule has 0 aliphatic heterocycles. The molecule has 0 bridgehead atoms. The number of aliphatic hydroxyl groups excluding tert-OH is 1. The van der Waals surface area contributed by atoms with Crippen molar-refractivity contribution in [2.45, 2.75) is 39.0 Å². The predicted octanol–water partition coefficient (Wildman–Crippen LogP) is 5.66. The minimum Gasteiger partial charge on any atom is -0.456 e. The molecule has 0 heterocycles. The summed E-state index contributed by atoms with van der Waals surface area (Å²) in [6.07, 6.45) is -0.614. The fourth-order valence-corrected chi connectivity index (χ4v) is 3.43. The number of nitrogens with one attached hydrogen (secondary N) is 2. The Hall–Kier alpha value is -3.06. The number of carbonyl (C=O) groups excluding carboxylic acids is 2. The Balaban J connectivity index is 1.55. The van der Waals surface area contributed by atoms with E-state index in [0.29, 0.717) is 32.7 Å². The summed E-state index contributed by atoms with van der Waals surface area (Å²) >= 11 is 12.1. The van der Waals surface area contributed by atoms with E-state index >= 15 is 0 Å². The second kappa shape index (κ2) is 10.9. The molecule has 3 rings (SSSR count). The second-order valence-electron chi connectivity index (χ2n) is 8.38. The number of amides is 2. The molecule has 3 aromatic carbocycles. The van der Waals surface area contributed by atoms with Crippen LogP contribution >= 0.6 is 23.2 Å². The molecule has 3 N–H and O–H groups in total. The highest BCUT2D eigenvalue weighted by atomic mass is 35.5. The Morgan fingerprint density at radius 1 is 1.00 bits per heavy atom. The number of benzene rings is 3. The van der Waals surface area contributed by atoms with Gasteiger partial charge < -0.3 is 20.5 Å². The number of hydrogen-bond acceptors (Lipinski definition) is 4. The normalized spacial score (nSPS) is 12.1. The Labute approximate surface area is 208 Å². The largest absolute Gasteiger partial charge is 0.456 e. The molecule has 0 fully saturated rings. The quantitative estimate of drug-likeness (QED) is 0.372. The number of hydrogen-bond donors (Lipinski definition) is 3. The highest BCUT2D eigenvalue weighted by molar-refractivity contribution is 6.32. The van der Waals surface area contributed by atoms with E-state index in [0.717, 1.165) is 5.56 Å². The molecule has 0 aromatic heterocycles. The van der Waals surface area contributed by atoms with Crippen molar-refractivity contribution in [3.8, 4) is 11.5 Å². The minimum atomic E-state index is -1.12. The first-order chi connectivity index (χ1) is 16.0. The van der Waals surface area contributed by atoms with E-state index in [4.69, 9.17) is 27.9 Å². The summed E-state index contributed by atoms with van der Waals surface area (Å²) < 4.78 is 5.82. The lowest BCUT2D eigenvalue weighted by atomic mass is 10.0. The Bertz CT molecular complexity index is 1160. The number of carbonyl (C=O) groups is 2. The fourth-order valence-electron chi connectivity index (χ4n) is 3.08. The van der Waals surface area contributed by atoms with Crippen LogP contribution in [0.4, 0.5) is 0 Å². The molecular formula is C26H26Cl2N2O4. The number of aliphatic hydroxyl groups is 1. The van der Waals surface area contributed by atoms with Crippen molar-refractivity contribution >= 4 is 35.0 Å². The summed E-state index contributed by atoms with van der Waals surface area (Å²) in [5.74, 6) is 0.376. The summed E-state index contributed by atoms with van der Waals surface area (Å²) in [5.41, 5.74) is 0.864. The summed E-state index contributed by atoms with van der Waals surface area (Å²) in [4.78, 5) is 25.1. The summed E-state index contributed by atoms with van der Waals surface area (Å²) in [5, 5.41) is 16.2. The van der Waals surface area contributed by atoms with E-state index in [1.807, 2.05) is 12.1 Å². The standard InChI is InChI=1S/C26H26Cl2N2O4/c1-16(31)19-8-13-23(22(28)14-19)34-21-11-4-17(5-12-21)15-29-25(33)26(2,3)30-24(32)18-6-9-20(27)10-7-18/h4-14,16,31H,15H2,1-3H3,(H,29,33)(H,30,32). The van der Waals surface area contributed by atoms with Crippen molar-refractivity contribution in [1.29, 1.82) is 0 Å². The molecule has 0 saturated heterocycles. The highest BCUT2D eigenvalue weighted by Gasteiger charge is 2.29. The number of ether oxygens (including phenoxy) is 1. The van der Waals surface area contributed by atoms with Crippen molar-refractivity contribution < 1.29 is 19.4 Å². The van der Waals surface area contributed by atoms with Crippen molar-refractivity contribution in [3.63, 3.8) is 0 Å². The zero-order valence-corrected chi connectivity index (χ0v) is 20.6. The van der Waals surface area contributed by atoms with Gasteiger partial charge in [-0.3, -0.25) is 9.59 Å². The minimum absolute atomic E-state index is 0.281. The van der Waals surface area contributed by atoms with Crippen LogP contribution in [-0.2, 0) is 11.3 Å². The lowest BCUT2D eigenvalue weighted by Gasteiger charge is -2.25. The van der Waals surface area contributed by atoms with Crippen molar-refractivity contribution in [1.82, 2.24) is 10.6 Å². The molecular weight excluding hydrogens is 475 g/mol. The van der Waals surface area contributed by atoms with Crippen LogP contribution in [0.2, 0.25) is 10.0 Å². The summed E-state index contributed by atoms with van der Waals surface area (Å²) in [7, 11) is 0. The third-order valence-electron chi connectivity index (χ3n) is 5.14. The van der Waals surface area contributed by atoms with E-state index in [9.17, 15) is 14.7 Å². The van der Waals surface area contributed by atoms with Gasteiger partial charge >= 0.3 is 0 Å². The van der Waals surface area contributed by atoms with Gasteiger partial charge in [0.1, 0.15) is 17.0 Å². The highest BCUT2D eigenvalue weighted by Crippen LogP contribution is 2.31. The predicted molar refractivity (Wildman–Crippen MR) is 133 cm³/mol. The maximum atomic E-state index is 12.7. The van der Waals surface area contributed by atoms with Gasteiger partial charge in [0.2, 0.25) is 5.91 Å². The van der Waals surface area contributed by atoms with Crippen LogP contribution in [0.5, 0.6) is 11.5 Å². The van der Waals surface area contributed by atoms with Gasteiger partial charge in [0.05, 0.1) is 11.1 Å². The third-order valence-corrected chi connectivity index (χ3v) is 5.69. The Morgan fingerprint density at radius 3 is 2.24 bits per heavy atom. The van der Waals surface area contributed by atoms with Crippen molar-refractivity contribution in [2.75, 3.05) is 0 Å². The van der Waals surface area contributed by atoms with Crippen LogP contribution in [0.15, 0.2) is 66.7 Å². The van der Waals surface area contributed by atoms with E-state index in [1.165, 1.54) is 0 Å². The van der Waals surface area contributed by atoms with Gasteiger partial charge in [-0.05, 0) is 80.4 Å². The molecule has 0 aliphatic carbocycles. The lowest BCUT2D eigenvalue weighted by Crippen LogP contribution is -2.54. The van der Waals surface area contributed by atoms with Gasteiger partial charge in [-0.15, -0.1) is 0 Å². The molecule has 178 valence electrons. The molecule has 2 amide bonds. The molecule has 3 aromatic rings. The fraction of sp³-hybridized carbons (Fsp3) is 0.231. The first kappa shape index (κ1) is 25.6. The maximum Gasteiger partial charge on any atom is 0.252 e. The monoisotopic (exact) mass is 500 g/mol. The smallest absolute Gasteiger partial charge is 0.252 e. The van der Waals surface area contributed by atoms with E-state index in [2.05, 4.69) is 10.6 Å². The Kier molecular flexibility index (Phi) is 8.20. The van der Waals surface area contributed by atoms with Crippen LogP contribution in [-0.4, -0.2) is 22.5 Å². The molecule has 6 nitrogen and oxygen atoms in total. The van der Waals surface area contributed by atoms with Gasteiger partial charge in [0.15, 0.2) is 0 Å². The van der Waals surface area contributed by atoms with Crippen molar-refractivity contribution in [2.24, 2.45) is 0 Å². The van der Waals surface area contributed by atoms with Crippen molar-refractivity contribution in [3.05, 3.63) is 93.5 Å². The van der Waals surface area contributed by atoms with E-state index in [1.54, 1.807) is 75.4 Å².